The lowest BCUT2D eigenvalue weighted by Crippen LogP contribution is -2.31. The topological polar surface area (TPSA) is 86.3 Å². The first-order valence-electron chi connectivity index (χ1n) is 11.4. The van der Waals surface area contributed by atoms with Crippen molar-refractivity contribution in [2.75, 3.05) is 13.1 Å². The van der Waals surface area contributed by atoms with Crippen LogP contribution in [0.2, 0.25) is 0 Å². The zero-order valence-corrected chi connectivity index (χ0v) is 18.9. The van der Waals surface area contributed by atoms with Gasteiger partial charge in [-0.2, -0.15) is 10.1 Å². The molecule has 8 heteroatoms. The van der Waals surface area contributed by atoms with Crippen LogP contribution in [0.25, 0.3) is 22.3 Å². The first-order chi connectivity index (χ1) is 16.1. The van der Waals surface area contributed by atoms with E-state index in [0.717, 1.165) is 47.9 Å². The summed E-state index contributed by atoms with van der Waals surface area (Å²) in [6, 6.07) is 15.5. The van der Waals surface area contributed by atoms with Gasteiger partial charge >= 0.3 is 0 Å². The summed E-state index contributed by atoms with van der Waals surface area (Å²) < 4.78 is 13.2. The van der Waals surface area contributed by atoms with Gasteiger partial charge in [0.2, 0.25) is 11.7 Å². The lowest BCUT2D eigenvalue weighted by Gasteiger charge is -2.16. The van der Waals surface area contributed by atoms with E-state index in [1.54, 1.807) is 4.68 Å². The predicted molar refractivity (Wildman–Crippen MR) is 124 cm³/mol. The lowest BCUT2D eigenvalue weighted by atomic mass is 10.2. The number of benzene rings is 2. The van der Waals surface area contributed by atoms with Crippen LogP contribution < -0.4 is 4.74 Å². The Balaban J connectivity index is 1.21. The smallest absolute Gasteiger partial charge is 0.275 e. The van der Waals surface area contributed by atoms with Gasteiger partial charge in [0.25, 0.3) is 5.91 Å². The molecule has 0 saturated carbocycles. The maximum atomic E-state index is 13.1. The number of carbonyl (C=O) groups is 1. The second-order valence-corrected chi connectivity index (χ2v) is 8.41. The van der Waals surface area contributed by atoms with Gasteiger partial charge in [0.15, 0.2) is 5.69 Å². The lowest BCUT2D eigenvalue weighted by molar-refractivity contribution is 0.0767. The predicted octanol–water partition coefficient (Wildman–Crippen LogP) is 4.26. The summed E-state index contributed by atoms with van der Waals surface area (Å²) in [6.07, 6.45) is 3.65. The number of aromatic nitrogens is 4. The van der Waals surface area contributed by atoms with E-state index >= 15 is 0 Å². The van der Waals surface area contributed by atoms with Gasteiger partial charge in [-0.3, -0.25) is 9.48 Å². The maximum absolute atomic E-state index is 13.1. The van der Waals surface area contributed by atoms with Crippen LogP contribution in [0.3, 0.4) is 0 Å². The van der Waals surface area contributed by atoms with Crippen molar-refractivity contribution in [3.05, 3.63) is 60.1 Å². The van der Waals surface area contributed by atoms with Crippen LogP contribution in [0.1, 0.15) is 42.6 Å². The summed E-state index contributed by atoms with van der Waals surface area (Å²) in [5.41, 5.74) is 2.34. The summed E-state index contributed by atoms with van der Waals surface area (Å²) in [7, 11) is 1.86. The van der Waals surface area contributed by atoms with Gasteiger partial charge < -0.3 is 14.2 Å². The molecule has 4 aromatic rings. The third-order valence-corrected chi connectivity index (χ3v) is 6.02. The van der Waals surface area contributed by atoms with Crippen LogP contribution in [0.15, 0.2) is 53.1 Å². The molecule has 1 atom stereocenters. The third kappa shape index (κ3) is 4.33. The van der Waals surface area contributed by atoms with Crippen LogP contribution >= 0.6 is 0 Å². The van der Waals surface area contributed by atoms with Gasteiger partial charge in [0.05, 0.1) is 12.1 Å². The molecule has 0 bridgehead atoms. The molecule has 2 aromatic heterocycles. The molecule has 0 unspecified atom stereocenters. The minimum absolute atomic E-state index is 0.0516. The number of hydrogen-bond donors (Lipinski definition) is 0. The molecule has 1 aliphatic rings. The zero-order chi connectivity index (χ0) is 22.8. The number of amides is 1. The van der Waals surface area contributed by atoms with Crippen LogP contribution in [0, 0.1) is 0 Å². The number of aryl methyl sites for hydroxylation is 2. The number of ether oxygens (including phenoxy) is 1. The van der Waals surface area contributed by atoms with Gasteiger partial charge in [0.1, 0.15) is 11.9 Å². The van der Waals surface area contributed by atoms with Gasteiger partial charge in [0, 0.05) is 37.4 Å². The van der Waals surface area contributed by atoms with Crippen molar-refractivity contribution in [3.8, 4) is 17.1 Å². The summed E-state index contributed by atoms with van der Waals surface area (Å²) >= 11 is 0. The Hall–Kier alpha value is -3.68. The van der Waals surface area contributed by atoms with E-state index in [1.807, 2.05) is 60.5 Å². The fourth-order valence-corrected chi connectivity index (χ4v) is 4.21. The Morgan fingerprint density at radius 1 is 1.18 bits per heavy atom. The Morgan fingerprint density at radius 2 is 2.00 bits per heavy atom. The molecule has 3 heterocycles. The largest absolute Gasteiger partial charge is 0.489 e. The van der Waals surface area contributed by atoms with Gasteiger partial charge in [-0.1, -0.05) is 36.7 Å². The van der Waals surface area contributed by atoms with Crippen molar-refractivity contribution in [1.29, 1.82) is 0 Å². The average molecular weight is 446 g/mol. The van der Waals surface area contributed by atoms with Crippen LogP contribution in [-0.4, -0.2) is 49.9 Å². The van der Waals surface area contributed by atoms with Gasteiger partial charge in [-0.25, -0.2) is 0 Å². The molecular weight excluding hydrogens is 418 g/mol. The molecule has 0 aliphatic carbocycles. The Kier molecular flexibility index (Phi) is 5.81. The van der Waals surface area contributed by atoms with Crippen molar-refractivity contribution in [2.45, 2.75) is 38.7 Å². The summed E-state index contributed by atoms with van der Waals surface area (Å²) in [5, 5.41) is 9.42. The number of fused-ring (bicyclic) bond motifs is 1. The van der Waals surface area contributed by atoms with Crippen molar-refractivity contribution in [3.63, 3.8) is 0 Å². The zero-order valence-electron chi connectivity index (χ0n) is 18.9. The molecule has 1 amide bonds. The Bertz CT molecular complexity index is 1260. The van der Waals surface area contributed by atoms with Crippen molar-refractivity contribution in [1.82, 2.24) is 24.8 Å². The Morgan fingerprint density at radius 3 is 2.82 bits per heavy atom. The quantitative estimate of drug-likeness (QED) is 0.423. The Labute approximate surface area is 192 Å². The molecule has 1 saturated heterocycles. The van der Waals surface area contributed by atoms with E-state index in [-0.39, 0.29) is 12.0 Å². The van der Waals surface area contributed by atoms with Crippen molar-refractivity contribution < 1.29 is 14.1 Å². The fraction of sp³-hybridized carbons (Fsp3) is 0.360. The highest BCUT2D eigenvalue weighted by Crippen LogP contribution is 2.25. The van der Waals surface area contributed by atoms with E-state index in [4.69, 9.17) is 9.26 Å². The first-order valence-corrected chi connectivity index (χ1v) is 11.4. The van der Waals surface area contributed by atoms with Gasteiger partial charge in [-0.05, 0) is 36.8 Å². The fourth-order valence-electron chi connectivity index (χ4n) is 4.21. The molecular formula is C25H27N5O3. The van der Waals surface area contributed by atoms with Crippen LogP contribution in [-0.2, 0) is 13.5 Å². The van der Waals surface area contributed by atoms with Crippen LogP contribution in [0.5, 0.6) is 5.75 Å². The molecule has 1 fully saturated rings. The monoisotopic (exact) mass is 445 g/mol. The van der Waals surface area contributed by atoms with E-state index in [0.29, 0.717) is 30.5 Å². The molecule has 170 valence electrons. The van der Waals surface area contributed by atoms with Gasteiger partial charge in [-0.15, -0.1) is 0 Å². The molecule has 0 spiro atoms. The second kappa shape index (κ2) is 9.05. The maximum Gasteiger partial charge on any atom is 0.275 e. The average Bonchev–Trinajstić information content (AvgIpc) is 3.58. The molecule has 33 heavy (non-hydrogen) atoms. The first kappa shape index (κ1) is 21.2. The highest BCUT2D eigenvalue weighted by Gasteiger charge is 2.30. The summed E-state index contributed by atoms with van der Waals surface area (Å²) in [4.78, 5) is 19.4. The summed E-state index contributed by atoms with van der Waals surface area (Å²) in [6.45, 7) is 3.32. The number of carbonyl (C=O) groups excluding carboxylic acids is 1. The third-order valence-electron chi connectivity index (χ3n) is 6.02. The normalized spacial score (nSPS) is 15.9. The van der Waals surface area contributed by atoms with Crippen molar-refractivity contribution >= 4 is 16.8 Å². The minimum atomic E-state index is -0.0550. The molecule has 5 rings (SSSR count). The molecule has 1 aliphatic heterocycles. The number of likely N-dealkylation sites (tertiary alicyclic amines) is 1. The number of unbranched alkanes of at least 4 members (excludes halogenated alkanes) is 1. The second-order valence-electron chi connectivity index (χ2n) is 8.41. The highest BCUT2D eigenvalue weighted by molar-refractivity contribution is 6.04. The van der Waals surface area contributed by atoms with E-state index in [2.05, 4.69) is 22.2 Å². The van der Waals surface area contributed by atoms with E-state index in [1.165, 1.54) is 0 Å². The number of nitrogens with zero attached hydrogens (tertiary/aromatic N) is 5. The van der Waals surface area contributed by atoms with Crippen molar-refractivity contribution in [2.24, 2.45) is 7.05 Å². The number of rotatable bonds is 7. The SMILES string of the molecule is CCCCc1nc(-c2ccc(O[C@@H]3CCN(C(=O)c4nn(C)c5ccccc45)C3)cc2)no1. The van der Waals surface area contributed by atoms with E-state index < -0.39 is 0 Å². The standard InChI is InChI=1S/C25H27N5O3/c1-3-4-9-22-26-24(28-33-22)17-10-12-18(13-11-17)32-19-14-15-30(16-19)25(31)23-20-7-5-6-8-21(20)29(2)27-23/h5-8,10-13,19H,3-4,9,14-16H2,1-2H3/t19-/m1/s1. The summed E-state index contributed by atoms with van der Waals surface area (Å²) in [5.74, 6) is 1.97. The molecule has 2 aromatic carbocycles. The minimum Gasteiger partial charge on any atom is -0.489 e. The van der Waals surface area contributed by atoms with Crippen LogP contribution in [0.4, 0.5) is 0 Å². The molecule has 0 N–H and O–H groups in total. The molecule has 8 nitrogen and oxygen atoms in total. The number of para-hydroxylation sites is 1. The molecule has 0 radical (unpaired) electrons. The number of hydrogen-bond acceptors (Lipinski definition) is 6. The van der Waals surface area contributed by atoms with E-state index in [9.17, 15) is 4.79 Å². The highest BCUT2D eigenvalue weighted by atomic mass is 16.5.